The number of nitrogens with one attached hydrogen (secondary N) is 1. The largest absolute Gasteiger partial charge is 0.288 e. The average Bonchev–Trinajstić information content (AvgIpc) is 2.72. The van der Waals surface area contributed by atoms with Crippen molar-refractivity contribution in [2.45, 2.75) is 0 Å². The number of rotatable bonds is 0. The molecule has 0 aromatic heterocycles. The van der Waals surface area contributed by atoms with Gasteiger partial charge in [-0.2, -0.15) is 0 Å². The SMILES string of the molecule is O=C1NC(=O)c2c1ccc1cc3ccccc3cc21. The summed E-state index contributed by atoms with van der Waals surface area (Å²) >= 11 is 0. The normalized spacial score (nSPS) is 13.9. The molecule has 1 aliphatic rings. The molecule has 3 aromatic rings. The van der Waals surface area contributed by atoms with Crippen LogP contribution in [0.25, 0.3) is 21.5 Å². The van der Waals surface area contributed by atoms with Gasteiger partial charge in [0.1, 0.15) is 0 Å². The Morgan fingerprint density at radius 3 is 2.26 bits per heavy atom. The van der Waals surface area contributed by atoms with Gasteiger partial charge < -0.3 is 0 Å². The molecule has 3 nitrogen and oxygen atoms in total. The molecule has 19 heavy (non-hydrogen) atoms. The van der Waals surface area contributed by atoms with Crippen LogP contribution in [0.1, 0.15) is 20.7 Å². The first-order valence-corrected chi connectivity index (χ1v) is 6.05. The lowest BCUT2D eigenvalue weighted by Gasteiger charge is -2.05. The monoisotopic (exact) mass is 247 g/mol. The number of carbonyl (C=O) groups excluding carboxylic acids is 2. The fraction of sp³-hybridized carbons (Fsp3) is 0. The van der Waals surface area contributed by atoms with E-state index in [0.29, 0.717) is 11.1 Å². The molecule has 0 radical (unpaired) electrons. The van der Waals surface area contributed by atoms with E-state index < -0.39 is 0 Å². The van der Waals surface area contributed by atoms with Gasteiger partial charge in [-0.25, -0.2) is 0 Å². The Labute approximate surface area is 108 Å². The second kappa shape index (κ2) is 3.42. The highest BCUT2D eigenvalue weighted by Crippen LogP contribution is 2.29. The van der Waals surface area contributed by atoms with E-state index in [-0.39, 0.29) is 11.8 Å². The molecular weight excluding hydrogens is 238 g/mol. The van der Waals surface area contributed by atoms with Gasteiger partial charge in [0.25, 0.3) is 11.8 Å². The van der Waals surface area contributed by atoms with Crippen molar-refractivity contribution in [3.05, 3.63) is 59.7 Å². The maximum atomic E-state index is 11.9. The van der Waals surface area contributed by atoms with Gasteiger partial charge in [-0.1, -0.05) is 30.3 Å². The Morgan fingerprint density at radius 1 is 0.737 bits per heavy atom. The van der Waals surface area contributed by atoms with Crippen LogP contribution < -0.4 is 5.32 Å². The van der Waals surface area contributed by atoms with Crippen molar-refractivity contribution in [1.82, 2.24) is 5.32 Å². The Balaban J connectivity index is 2.20. The first kappa shape index (κ1) is 10.3. The van der Waals surface area contributed by atoms with Crippen molar-refractivity contribution in [3.8, 4) is 0 Å². The van der Waals surface area contributed by atoms with Gasteiger partial charge in [0.05, 0.1) is 11.1 Å². The molecule has 3 heteroatoms. The molecular formula is C16H9NO2. The molecule has 0 saturated heterocycles. The van der Waals surface area contributed by atoms with E-state index in [1.807, 2.05) is 42.5 Å². The van der Waals surface area contributed by atoms with E-state index >= 15 is 0 Å². The molecule has 0 bridgehead atoms. The van der Waals surface area contributed by atoms with Crippen LogP contribution in [0.5, 0.6) is 0 Å². The zero-order valence-electron chi connectivity index (χ0n) is 9.94. The standard InChI is InChI=1S/C16H9NO2/c18-15-12-6-5-11-7-9-3-1-2-4-10(9)8-13(11)14(12)16(19)17-15/h1-8H,(H,17,18,19). The number of imide groups is 1. The number of fused-ring (bicyclic) bond motifs is 4. The first-order chi connectivity index (χ1) is 9.24. The molecule has 0 unspecified atom stereocenters. The van der Waals surface area contributed by atoms with Gasteiger partial charge in [-0.05, 0) is 39.7 Å². The van der Waals surface area contributed by atoms with Crippen molar-refractivity contribution in [1.29, 1.82) is 0 Å². The highest BCUT2D eigenvalue weighted by molar-refractivity contribution is 6.27. The van der Waals surface area contributed by atoms with Crippen LogP contribution in [0.2, 0.25) is 0 Å². The lowest BCUT2D eigenvalue weighted by molar-refractivity contribution is 0.0880. The summed E-state index contributed by atoms with van der Waals surface area (Å²) in [5.74, 6) is -0.615. The second-order valence-electron chi connectivity index (χ2n) is 4.69. The molecule has 90 valence electrons. The highest BCUT2D eigenvalue weighted by Gasteiger charge is 2.28. The highest BCUT2D eigenvalue weighted by atomic mass is 16.2. The molecule has 4 rings (SSSR count). The van der Waals surface area contributed by atoms with Crippen LogP contribution in [0, 0.1) is 0 Å². The fourth-order valence-corrected chi connectivity index (χ4v) is 2.68. The molecule has 0 saturated carbocycles. The second-order valence-corrected chi connectivity index (χ2v) is 4.69. The molecule has 1 N–H and O–H groups in total. The maximum Gasteiger partial charge on any atom is 0.259 e. The first-order valence-electron chi connectivity index (χ1n) is 6.05. The van der Waals surface area contributed by atoms with Crippen LogP contribution >= 0.6 is 0 Å². The number of amides is 2. The minimum absolute atomic E-state index is 0.305. The molecule has 1 heterocycles. The van der Waals surface area contributed by atoms with Gasteiger partial charge in [0, 0.05) is 0 Å². The minimum Gasteiger partial charge on any atom is -0.288 e. The van der Waals surface area contributed by atoms with Gasteiger partial charge in [-0.15, -0.1) is 0 Å². The molecule has 2 amide bonds. The molecule has 3 aromatic carbocycles. The zero-order valence-corrected chi connectivity index (χ0v) is 9.94. The van der Waals surface area contributed by atoms with E-state index in [9.17, 15) is 9.59 Å². The Kier molecular flexibility index (Phi) is 1.85. The van der Waals surface area contributed by atoms with E-state index in [4.69, 9.17) is 0 Å². The molecule has 0 fully saturated rings. The van der Waals surface area contributed by atoms with Crippen molar-refractivity contribution in [3.63, 3.8) is 0 Å². The third-order valence-corrected chi connectivity index (χ3v) is 3.58. The number of hydrogen-bond donors (Lipinski definition) is 1. The minimum atomic E-state index is -0.310. The summed E-state index contributed by atoms with van der Waals surface area (Å²) < 4.78 is 0. The van der Waals surface area contributed by atoms with E-state index in [1.165, 1.54) is 0 Å². The summed E-state index contributed by atoms with van der Waals surface area (Å²) in [6.07, 6.45) is 0. The van der Waals surface area contributed by atoms with Crippen LogP contribution in [-0.2, 0) is 0 Å². The Morgan fingerprint density at radius 2 is 1.47 bits per heavy atom. The van der Waals surface area contributed by atoms with Crippen molar-refractivity contribution in [2.75, 3.05) is 0 Å². The third kappa shape index (κ3) is 1.32. The summed E-state index contributed by atoms with van der Waals surface area (Å²) in [5.41, 5.74) is 0.959. The molecule has 1 aliphatic heterocycles. The fourth-order valence-electron chi connectivity index (χ4n) is 2.68. The predicted molar refractivity (Wildman–Crippen MR) is 73.3 cm³/mol. The van der Waals surface area contributed by atoms with Crippen molar-refractivity contribution >= 4 is 33.4 Å². The summed E-state index contributed by atoms with van der Waals surface area (Å²) in [7, 11) is 0. The van der Waals surface area contributed by atoms with Crippen LogP contribution in [0.3, 0.4) is 0 Å². The quantitative estimate of drug-likeness (QED) is 0.490. The third-order valence-electron chi connectivity index (χ3n) is 3.58. The predicted octanol–water partition coefficient (Wildman–Crippen LogP) is 2.88. The van der Waals surface area contributed by atoms with E-state index in [1.54, 1.807) is 6.07 Å². The average molecular weight is 247 g/mol. The number of benzene rings is 3. The molecule has 0 spiro atoms. The lowest BCUT2D eigenvalue weighted by Crippen LogP contribution is -2.19. The van der Waals surface area contributed by atoms with Crippen LogP contribution in [0.15, 0.2) is 48.5 Å². The van der Waals surface area contributed by atoms with Gasteiger partial charge in [0.15, 0.2) is 0 Å². The molecule has 0 atom stereocenters. The Bertz CT molecular complexity index is 880. The van der Waals surface area contributed by atoms with Gasteiger partial charge in [0.2, 0.25) is 0 Å². The van der Waals surface area contributed by atoms with Gasteiger partial charge in [-0.3, -0.25) is 14.9 Å². The van der Waals surface area contributed by atoms with E-state index in [2.05, 4.69) is 5.32 Å². The lowest BCUT2D eigenvalue weighted by atomic mass is 9.97. The number of carbonyl (C=O) groups is 2. The zero-order chi connectivity index (χ0) is 13.0. The topological polar surface area (TPSA) is 46.2 Å². The summed E-state index contributed by atoms with van der Waals surface area (Å²) in [6, 6.07) is 15.6. The number of hydrogen-bond acceptors (Lipinski definition) is 2. The Hall–Kier alpha value is -2.68. The van der Waals surface area contributed by atoms with Gasteiger partial charge >= 0.3 is 0 Å². The smallest absolute Gasteiger partial charge is 0.259 e. The van der Waals surface area contributed by atoms with Crippen LogP contribution in [0.4, 0.5) is 0 Å². The summed E-state index contributed by atoms with van der Waals surface area (Å²) in [5, 5.41) is 6.34. The van der Waals surface area contributed by atoms with Crippen molar-refractivity contribution in [2.24, 2.45) is 0 Å². The van der Waals surface area contributed by atoms with Crippen molar-refractivity contribution < 1.29 is 9.59 Å². The summed E-state index contributed by atoms with van der Waals surface area (Å²) in [6.45, 7) is 0. The molecule has 0 aliphatic carbocycles. The van der Waals surface area contributed by atoms with Crippen LogP contribution in [-0.4, -0.2) is 11.8 Å². The van der Waals surface area contributed by atoms with E-state index in [0.717, 1.165) is 21.5 Å². The summed E-state index contributed by atoms with van der Waals surface area (Å²) in [4.78, 5) is 23.5. The maximum absolute atomic E-state index is 11.9.